The minimum absolute atomic E-state index is 0.0306. The van der Waals surface area contributed by atoms with Gasteiger partial charge in [0.25, 0.3) is 0 Å². The molecule has 2 amide bonds. The lowest BCUT2D eigenvalue weighted by Gasteiger charge is -2.47. The SMILES string of the molecule is CCOC(CNC(=O)OCC1c2ccccc2-c2ccccc21)CC(=O)N1CC(CC)(C(=O)O)C1. The molecule has 2 N–H and O–H groups in total. The Morgan fingerprint density at radius 1 is 1.06 bits per heavy atom. The average molecular weight is 481 g/mol. The number of carboxylic acids is 1. The number of alkyl carbamates (subject to hydrolysis) is 1. The fourth-order valence-corrected chi connectivity index (χ4v) is 4.97. The van der Waals surface area contributed by atoms with Crippen molar-refractivity contribution in [2.45, 2.75) is 38.7 Å². The molecular weight excluding hydrogens is 448 g/mol. The smallest absolute Gasteiger partial charge is 0.407 e. The first-order valence-electron chi connectivity index (χ1n) is 12.1. The van der Waals surface area contributed by atoms with Crippen LogP contribution in [0.1, 0.15) is 43.7 Å². The molecule has 1 saturated heterocycles. The summed E-state index contributed by atoms with van der Waals surface area (Å²) >= 11 is 0. The minimum atomic E-state index is -0.873. The van der Waals surface area contributed by atoms with E-state index in [4.69, 9.17) is 9.47 Å². The van der Waals surface area contributed by atoms with Gasteiger partial charge in [-0.25, -0.2) is 4.79 Å². The van der Waals surface area contributed by atoms with E-state index in [0.29, 0.717) is 13.0 Å². The van der Waals surface area contributed by atoms with Crippen molar-refractivity contribution in [2.75, 3.05) is 32.8 Å². The minimum Gasteiger partial charge on any atom is -0.481 e. The molecule has 1 aliphatic carbocycles. The van der Waals surface area contributed by atoms with Crippen molar-refractivity contribution < 1.29 is 29.0 Å². The molecule has 0 aromatic heterocycles. The van der Waals surface area contributed by atoms with E-state index in [1.54, 1.807) is 0 Å². The van der Waals surface area contributed by atoms with Crippen LogP contribution in [0.25, 0.3) is 11.1 Å². The quantitative estimate of drug-likeness (QED) is 0.538. The third-order valence-corrected chi connectivity index (χ3v) is 7.09. The van der Waals surface area contributed by atoms with Crippen molar-refractivity contribution in [3.05, 3.63) is 59.7 Å². The monoisotopic (exact) mass is 480 g/mol. The maximum absolute atomic E-state index is 12.6. The Morgan fingerprint density at radius 3 is 2.20 bits per heavy atom. The number of hydrogen-bond donors (Lipinski definition) is 2. The maximum atomic E-state index is 12.6. The van der Waals surface area contributed by atoms with Crippen molar-refractivity contribution >= 4 is 18.0 Å². The summed E-state index contributed by atoms with van der Waals surface area (Å²) in [5, 5.41) is 12.1. The molecule has 0 saturated carbocycles. The van der Waals surface area contributed by atoms with Crippen LogP contribution in [0.2, 0.25) is 0 Å². The summed E-state index contributed by atoms with van der Waals surface area (Å²) in [6.45, 7) is 4.77. The van der Waals surface area contributed by atoms with Crippen LogP contribution in [-0.4, -0.2) is 66.9 Å². The number of amides is 2. The summed E-state index contributed by atoms with van der Waals surface area (Å²) in [6.07, 6.45) is -0.542. The second kappa shape index (κ2) is 10.5. The zero-order chi connectivity index (χ0) is 25.0. The van der Waals surface area contributed by atoms with Gasteiger partial charge in [-0.3, -0.25) is 9.59 Å². The second-order valence-electron chi connectivity index (χ2n) is 9.18. The molecule has 0 bridgehead atoms. The Hall–Kier alpha value is -3.39. The van der Waals surface area contributed by atoms with Crippen molar-refractivity contribution in [3.63, 3.8) is 0 Å². The van der Waals surface area contributed by atoms with E-state index in [1.807, 2.05) is 38.1 Å². The van der Waals surface area contributed by atoms with Gasteiger partial charge in [0.05, 0.1) is 12.5 Å². The van der Waals surface area contributed by atoms with Crippen molar-refractivity contribution in [1.82, 2.24) is 10.2 Å². The number of carbonyl (C=O) groups excluding carboxylic acids is 2. The van der Waals surface area contributed by atoms with Crippen molar-refractivity contribution in [2.24, 2.45) is 5.41 Å². The van der Waals surface area contributed by atoms with Gasteiger partial charge in [-0.2, -0.15) is 0 Å². The lowest BCUT2D eigenvalue weighted by atomic mass is 9.77. The lowest BCUT2D eigenvalue weighted by Crippen LogP contribution is -2.62. The summed E-state index contributed by atoms with van der Waals surface area (Å²) < 4.78 is 11.2. The van der Waals surface area contributed by atoms with Crippen LogP contribution >= 0.6 is 0 Å². The highest BCUT2D eigenvalue weighted by atomic mass is 16.5. The highest BCUT2D eigenvalue weighted by Crippen LogP contribution is 2.44. The molecule has 1 unspecified atom stereocenters. The Morgan fingerprint density at radius 2 is 1.66 bits per heavy atom. The van der Waals surface area contributed by atoms with Crippen LogP contribution in [0.4, 0.5) is 4.79 Å². The van der Waals surface area contributed by atoms with E-state index < -0.39 is 23.6 Å². The van der Waals surface area contributed by atoms with E-state index >= 15 is 0 Å². The Bertz CT molecular complexity index is 1050. The fraction of sp³-hybridized carbons (Fsp3) is 0.444. The summed E-state index contributed by atoms with van der Waals surface area (Å²) in [7, 11) is 0. The van der Waals surface area contributed by atoms with Crippen molar-refractivity contribution in [3.8, 4) is 11.1 Å². The van der Waals surface area contributed by atoms with E-state index in [1.165, 1.54) is 4.90 Å². The van der Waals surface area contributed by atoms with E-state index in [2.05, 4.69) is 29.6 Å². The van der Waals surface area contributed by atoms with Crippen LogP contribution in [0.15, 0.2) is 48.5 Å². The third-order valence-electron chi connectivity index (χ3n) is 7.09. The first kappa shape index (κ1) is 24.7. The predicted octanol–water partition coefficient (Wildman–Crippen LogP) is 3.64. The molecule has 1 aliphatic heterocycles. The number of nitrogens with one attached hydrogen (secondary N) is 1. The van der Waals surface area contributed by atoms with Gasteiger partial charge in [0.1, 0.15) is 12.0 Å². The molecule has 0 radical (unpaired) electrons. The summed E-state index contributed by atoms with van der Waals surface area (Å²) in [5.74, 6) is -1.08. The lowest BCUT2D eigenvalue weighted by molar-refractivity contribution is -0.167. The van der Waals surface area contributed by atoms with E-state index in [9.17, 15) is 19.5 Å². The standard InChI is InChI=1S/C27H32N2O6/c1-3-27(25(31)32)16-29(17-27)24(30)13-18(34-4-2)14-28-26(33)35-15-23-21-11-7-5-9-19(21)20-10-6-8-12-22(20)23/h5-12,18,23H,3-4,13-17H2,1-2H3,(H,28,33)(H,31,32). The molecule has 1 atom stereocenters. The van der Waals surface area contributed by atoms with Gasteiger partial charge in [-0.1, -0.05) is 55.5 Å². The van der Waals surface area contributed by atoms with Gasteiger partial charge in [0.15, 0.2) is 0 Å². The molecule has 8 nitrogen and oxygen atoms in total. The molecule has 1 heterocycles. The first-order chi connectivity index (χ1) is 16.9. The predicted molar refractivity (Wildman–Crippen MR) is 130 cm³/mol. The van der Waals surface area contributed by atoms with Gasteiger partial charge < -0.3 is 24.8 Å². The number of carbonyl (C=O) groups is 3. The number of ether oxygens (including phenoxy) is 2. The Kier molecular flexibility index (Phi) is 7.40. The van der Waals surface area contributed by atoms with Gasteiger partial charge in [-0.05, 0) is 35.6 Å². The number of likely N-dealkylation sites (tertiary alicyclic amines) is 1. The number of fused-ring (bicyclic) bond motifs is 3. The maximum Gasteiger partial charge on any atom is 0.407 e. The zero-order valence-corrected chi connectivity index (χ0v) is 20.2. The summed E-state index contributed by atoms with van der Waals surface area (Å²) in [4.78, 5) is 38.1. The highest BCUT2D eigenvalue weighted by molar-refractivity contribution is 5.84. The topological polar surface area (TPSA) is 105 Å². The molecule has 2 aromatic carbocycles. The third kappa shape index (κ3) is 5.03. The molecule has 2 aliphatic rings. The van der Waals surface area contributed by atoms with Crippen molar-refractivity contribution in [1.29, 1.82) is 0 Å². The normalized spacial score (nSPS) is 16.6. The summed E-state index contributed by atoms with van der Waals surface area (Å²) in [5.41, 5.74) is 3.74. The Labute approximate surface area is 205 Å². The van der Waals surface area contributed by atoms with Crippen LogP contribution in [-0.2, 0) is 19.1 Å². The first-order valence-corrected chi connectivity index (χ1v) is 12.1. The molecule has 4 rings (SSSR count). The van der Waals surface area contributed by atoms with Crippen LogP contribution in [0.5, 0.6) is 0 Å². The molecule has 186 valence electrons. The largest absolute Gasteiger partial charge is 0.481 e. The number of benzene rings is 2. The number of rotatable bonds is 10. The number of hydrogen-bond acceptors (Lipinski definition) is 5. The van der Waals surface area contributed by atoms with Gasteiger partial charge in [0.2, 0.25) is 5.91 Å². The number of nitrogens with zero attached hydrogens (tertiary/aromatic N) is 1. The molecule has 0 spiro atoms. The molecule has 8 heteroatoms. The molecule has 35 heavy (non-hydrogen) atoms. The highest BCUT2D eigenvalue weighted by Gasteiger charge is 2.49. The fourth-order valence-electron chi connectivity index (χ4n) is 4.97. The second-order valence-corrected chi connectivity index (χ2v) is 9.18. The van der Waals surface area contributed by atoms with Crippen LogP contribution in [0, 0.1) is 5.41 Å². The van der Waals surface area contributed by atoms with Crippen LogP contribution in [0.3, 0.4) is 0 Å². The van der Waals surface area contributed by atoms with E-state index in [0.717, 1.165) is 22.3 Å². The zero-order valence-electron chi connectivity index (χ0n) is 20.2. The molecule has 1 fully saturated rings. The van der Waals surface area contributed by atoms with Crippen LogP contribution < -0.4 is 5.32 Å². The molecular formula is C27H32N2O6. The average Bonchev–Trinajstić information content (AvgIpc) is 3.14. The number of aliphatic carboxylic acids is 1. The van der Waals surface area contributed by atoms with Gasteiger partial charge in [0, 0.05) is 32.2 Å². The van der Waals surface area contributed by atoms with Gasteiger partial charge >= 0.3 is 12.1 Å². The Balaban J connectivity index is 1.28. The van der Waals surface area contributed by atoms with E-state index in [-0.39, 0.29) is 44.5 Å². The number of carboxylic acid groups (broad SMARTS) is 1. The molecule has 2 aromatic rings. The summed E-state index contributed by atoms with van der Waals surface area (Å²) in [6, 6.07) is 16.3. The van der Waals surface area contributed by atoms with Gasteiger partial charge in [-0.15, -0.1) is 0 Å².